The molecule has 0 aromatic heterocycles. The predicted octanol–water partition coefficient (Wildman–Crippen LogP) is 2.48. The number of carboxylic acid groups (broad SMARTS) is 2. The number of hydrogen-bond donors (Lipinski definition) is 2. The number of thioether (sulfide) groups is 2. The molecular formula is C4H9ClO4S2. The fourth-order valence-electron chi connectivity index (χ4n) is 0. The van der Waals surface area contributed by atoms with Crippen LogP contribution in [0.2, 0.25) is 0 Å². The molecule has 0 aromatic rings. The summed E-state index contributed by atoms with van der Waals surface area (Å²) in [6, 6.07) is 0. The summed E-state index contributed by atoms with van der Waals surface area (Å²) in [5, 5.41) is 13.7. The Bertz CT molecular complexity index is 105. The fourth-order valence-corrected chi connectivity index (χ4v) is 0. The van der Waals surface area contributed by atoms with Gasteiger partial charge in [-0.2, -0.15) is 0 Å². The van der Waals surface area contributed by atoms with E-state index < -0.39 is 10.6 Å². The average molecular weight is 221 g/mol. The monoisotopic (exact) mass is 220 g/mol. The van der Waals surface area contributed by atoms with Gasteiger partial charge in [0.2, 0.25) is 0 Å². The highest BCUT2D eigenvalue weighted by Gasteiger charge is 1.82. The number of carbonyl (C=O) groups is 2. The second kappa shape index (κ2) is 12.6. The van der Waals surface area contributed by atoms with Crippen molar-refractivity contribution in [2.45, 2.75) is 0 Å². The van der Waals surface area contributed by atoms with Crippen LogP contribution in [0.4, 0.5) is 9.59 Å². The molecule has 11 heavy (non-hydrogen) atoms. The average Bonchev–Trinajstić information content (AvgIpc) is 1.89. The Morgan fingerprint density at radius 1 is 1.00 bits per heavy atom. The summed E-state index contributed by atoms with van der Waals surface area (Å²) in [6.45, 7) is 0. The van der Waals surface area contributed by atoms with Gasteiger partial charge < -0.3 is 10.2 Å². The van der Waals surface area contributed by atoms with E-state index >= 15 is 0 Å². The van der Waals surface area contributed by atoms with Gasteiger partial charge in [-0.15, -0.1) is 12.4 Å². The maximum absolute atomic E-state index is 9.33. The van der Waals surface area contributed by atoms with Crippen LogP contribution in [-0.4, -0.2) is 33.3 Å². The Morgan fingerprint density at radius 2 is 1.09 bits per heavy atom. The smallest absolute Gasteiger partial charge is 0.364 e. The van der Waals surface area contributed by atoms with Crippen molar-refractivity contribution in [3.8, 4) is 0 Å². The molecule has 0 aliphatic rings. The summed E-state index contributed by atoms with van der Waals surface area (Å²) in [6.07, 6.45) is 3.03. The lowest BCUT2D eigenvalue weighted by molar-refractivity contribution is 0.221. The Morgan fingerprint density at radius 3 is 1.09 bits per heavy atom. The van der Waals surface area contributed by atoms with Gasteiger partial charge in [0.15, 0.2) is 0 Å². The molecule has 0 fully saturated rings. The van der Waals surface area contributed by atoms with Crippen LogP contribution < -0.4 is 0 Å². The molecule has 0 heterocycles. The van der Waals surface area contributed by atoms with Crippen LogP contribution in [0.25, 0.3) is 0 Å². The van der Waals surface area contributed by atoms with Crippen molar-refractivity contribution in [2.75, 3.05) is 12.5 Å². The van der Waals surface area contributed by atoms with Crippen molar-refractivity contribution in [3.05, 3.63) is 0 Å². The molecule has 0 unspecified atom stereocenters. The van der Waals surface area contributed by atoms with Crippen LogP contribution >= 0.6 is 35.9 Å². The van der Waals surface area contributed by atoms with Gasteiger partial charge in [-0.1, -0.05) is 0 Å². The molecule has 2 N–H and O–H groups in total. The molecule has 7 heteroatoms. The van der Waals surface area contributed by atoms with E-state index in [4.69, 9.17) is 10.2 Å². The second-order valence-electron chi connectivity index (χ2n) is 0.940. The maximum Gasteiger partial charge on any atom is 0.364 e. The third-order valence-corrected chi connectivity index (χ3v) is 1.05. The predicted molar refractivity (Wildman–Crippen MR) is 50.3 cm³/mol. The standard InChI is InChI=1S/2C2H4O2S.ClH/c2*1-5-2(3)4;/h2*1H3,(H,3,4);1H. The topological polar surface area (TPSA) is 74.6 Å². The first-order valence-electron chi connectivity index (χ1n) is 2.08. The van der Waals surface area contributed by atoms with Crippen LogP contribution in [0, 0.1) is 0 Å². The summed E-state index contributed by atoms with van der Waals surface area (Å²) in [7, 11) is 0. The lowest BCUT2D eigenvalue weighted by atomic mass is 11.6. The highest BCUT2D eigenvalue weighted by Crippen LogP contribution is 1.88. The first-order chi connectivity index (χ1) is 4.54. The van der Waals surface area contributed by atoms with Crippen molar-refractivity contribution < 1.29 is 19.8 Å². The fraction of sp³-hybridized carbons (Fsp3) is 0.500. The van der Waals surface area contributed by atoms with Gasteiger partial charge in [0.05, 0.1) is 0 Å². The molecule has 0 atom stereocenters. The van der Waals surface area contributed by atoms with E-state index in [9.17, 15) is 9.59 Å². The summed E-state index contributed by atoms with van der Waals surface area (Å²) >= 11 is 1.59. The van der Waals surface area contributed by atoms with E-state index in [0.29, 0.717) is 0 Å². The number of halogens is 1. The van der Waals surface area contributed by atoms with Crippen molar-refractivity contribution in [1.82, 2.24) is 0 Å². The van der Waals surface area contributed by atoms with Gasteiger partial charge in [0, 0.05) is 0 Å². The van der Waals surface area contributed by atoms with Crippen molar-refractivity contribution in [2.24, 2.45) is 0 Å². The quantitative estimate of drug-likeness (QED) is 0.653. The van der Waals surface area contributed by atoms with Gasteiger partial charge in [0.25, 0.3) is 0 Å². The van der Waals surface area contributed by atoms with E-state index in [2.05, 4.69) is 0 Å². The third kappa shape index (κ3) is 40.4. The Kier molecular flexibility index (Phi) is 19.6. The van der Waals surface area contributed by atoms with Crippen molar-refractivity contribution in [3.63, 3.8) is 0 Å². The second-order valence-corrected chi connectivity index (χ2v) is 2.46. The van der Waals surface area contributed by atoms with E-state index in [1.165, 1.54) is 12.5 Å². The summed E-state index contributed by atoms with van der Waals surface area (Å²) in [4.78, 5) is 18.7. The molecule has 0 aromatic carbocycles. The summed E-state index contributed by atoms with van der Waals surface area (Å²) < 4.78 is 0. The Hall–Kier alpha value is -0.0700. The van der Waals surface area contributed by atoms with Crippen LogP contribution in [0.1, 0.15) is 0 Å². The van der Waals surface area contributed by atoms with Crippen molar-refractivity contribution in [1.29, 1.82) is 0 Å². The Balaban J connectivity index is -0.000000107. The van der Waals surface area contributed by atoms with Crippen LogP contribution in [-0.2, 0) is 0 Å². The van der Waals surface area contributed by atoms with Gasteiger partial charge in [-0.3, -0.25) is 0 Å². The molecule has 0 saturated heterocycles. The zero-order valence-electron chi connectivity index (χ0n) is 5.94. The van der Waals surface area contributed by atoms with Gasteiger partial charge in [-0.25, -0.2) is 9.59 Å². The molecule has 0 bridgehead atoms. The first-order valence-corrected chi connectivity index (χ1v) is 4.53. The highest BCUT2D eigenvalue weighted by molar-refractivity contribution is 8.12. The van der Waals surface area contributed by atoms with Gasteiger partial charge >= 0.3 is 10.6 Å². The molecule has 0 radical (unpaired) electrons. The zero-order valence-corrected chi connectivity index (χ0v) is 8.39. The van der Waals surface area contributed by atoms with Gasteiger partial charge in [0.1, 0.15) is 0 Å². The summed E-state index contributed by atoms with van der Waals surface area (Å²) in [5.74, 6) is 0. The number of rotatable bonds is 0. The molecule has 0 spiro atoms. The molecule has 68 valence electrons. The van der Waals surface area contributed by atoms with Crippen LogP contribution in [0.5, 0.6) is 0 Å². The first kappa shape index (κ1) is 17.1. The molecule has 4 nitrogen and oxygen atoms in total. The third-order valence-electron chi connectivity index (χ3n) is 0.349. The van der Waals surface area contributed by atoms with Crippen molar-refractivity contribution >= 4 is 46.5 Å². The molecule has 0 amide bonds. The molecule has 0 aliphatic carbocycles. The van der Waals surface area contributed by atoms with E-state index in [1.54, 1.807) is 0 Å². The molecule has 0 aliphatic heterocycles. The number of hydrogen-bond acceptors (Lipinski definition) is 4. The normalized spacial score (nSPS) is 6.73. The lowest BCUT2D eigenvalue weighted by Gasteiger charge is -1.71. The lowest BCUT2D eigenvalue weighted by Crippen LogP contribution is -1.75. The molecular weight excluding hydrogens is 212 g/mol. The summed E-state index contributed by atoms with van der Waals surface area (Å²) in [5.41, 5.74) is 0. The Labute approximate surface area is 79.2 Å². The van der Waals surface area contributed by atoms with Crippen LogP contribution in [0.15, 0.2) is 0 Å². The highest BCUT2D eigenvalue weighted by atomic mass is 35.5. The minimum atomic E-state index is -0.829. The van der Waals surface area contributed by atoms with E-state index in [-0.39, 0.29) is 12.4 Å². The SMILES string of the molecule is CSC(=O)O.CSC(=O)O.Cl. The van der Waals surface area contributed by atoms with Crippen LogP contribution in [0.3, 0.4) is 0 Å². The molecule has 0 rings (SSSR count). The minimum absolute atomic E-state index is 0. The van der Waals surface area contributed by atoms with Gasteiger partial charge in [-0.05, 0) is 36.0 Å². The van der Waals surface area contributed by atoms with E-state index in [1.807, 2.05) is 0 Å². The zero-order chi connectivity index (χ0) is 8.57. The molecule has 0 saturated carbocycles. The maximum atomic E-state index is 9.33. The minimum Gasteiger partial charge on any atom is -0.473 e. The van der Waals surface area contributed by atoms with E-state index in [0.717, 1.165) is 23.5 Å². The largest absolute Gasteiger partial charge is 0.473 e.